The van der Waals surface area contributed by atoms with Crippen molar-refractivity contribution in [2.45, 2.75) is 32.9 Å². The van der Waals surface area contributed by atoms with Gasteiger partial charge in [-0.05, 0) is 42.1 Å². The first-order chi connectivity index (χ1) is 9.08. The van der Waals surface area contributed by atoms with Gasteiger partial charge in [0.05, 0.1) is 6.10 Å². The van der Waals surface area contributed by atoms with Gasteiger partial charge in [0.1, 0.15) is 0 Å². The van der Waals surface area contributed by atoms with Crippen molar-refractivity contribution in [1.82, 2.24) is 10.6 Å². The minimum Gasteiger partial charge on any atom is -0.391 e. The van der Waals surface area contributed by atoms with Crippen LogP contribution in [0.5, 0.6) is 0 Å². The molecule has 1 heterocycles. The summed E-state index contributed by atoms with van der Waals surface area (Å²) < 4.78 is 0. The average molecular weight is 262 g/mol. The summed E-state index contributed by atoms with van der Waals surface area (Å²) in [6, 6.07) is 5.84. The number of nitrogens with one attached hydrogen (secondary N) is 2. The molecule has 0 bridgehead atoms. The average Bonchev–Trinajstić information content (AvgIpc) is 2.43. The number of carbonyl (C=O) groups excluding carboxylic acids is 1. The molecule has 1 aliphatic heterocycles. The maximum atomic E-state index is 12.0. The first-order valence-corrected chi connectivity index (χ1v) is 6.86. The maximum absolute atomic E-state index is 12.0. The van der Waals surface area contributed by atoms with Crippen LogP contribution in [0, 0.1) is 5.92 Å². The van der Waals surface area contributed by atoms with E-state index in [0.717, 1.165) is 19.5 Å². The van der Waals surface area contributed by atoms with Crippen molar-refractivity contribution in [3.8, 4) is 0 Å². The van der Waals surface area contributed by atoms with Crippen molar-refractivity contribution in [1.29, 1.82) is 0 Å². The van der Waals surface area contributed by atoms with Crippen molar-refractivity contribution in [3.05, 3.63) is 34.9 Å². The molecule has 0 spiro atoms. The lowest BCUT2D eigenvalue weighted by Gasteiger charge is -2.18. The van der Waals surface area contributed by atoms with Gasteiger partial charge in [0.25, 0.3) is 5.91 Å². The molecule has 0 aliphatic carbocycles. The van der Waals surface area contributed by atoms with E-state index in [1.807, 2.05) is 32.0 Å². The van der Waals surface area contributed by atoms with Gasteiger partial charge in [-0.3, -0.25) is 4.79 Å². The van der Waals surface area contributed by atoms with E-state index in [0.29, 0.717) is 12.1 Å². The third kappa shape index (κ3) is 3.55. The number of amides is 1. The number of carbonyl (C=O) groups is 1. The van der Waals surface area contributed by atoms with E-state index in [-0.39, 0.29) is 11.8 Å². The highest BCUT2D eigenvalue weighted by Gasteiger charge is 2.14. The summed E-state index contributed by atoms with van der Waals surface area (Å²) in [4.78, 5) is 12.0. The van der Waals surface area contributed by atoms with E-state index in [1.54, 1.807) is 0 Å². The largest absolute Gasteiger partial charge is 0.391 e. The van der Waals surface area contributed by atoms with Crippen LogP contribution in [-0.4, -0.2) is 30.2 Å². The van der Waals surface area contributed by atoms with Gasteiger partial charge in [-0.15, -0.1) is 0 Å². The van der Waals surface area contributed by atoms with Gasteiger partial charge in [0, 0.05) is 18.7 Å². The van der Waals surface area contributed by atoms with Crippen molar-refractivity contribution < 1.29 is 9.90 Å². The molecule has 1 aromatic rings. The predicted octanol–water partition coefficient (Wildman–Crippen LogP) is 1.08. The molecule has 0 saturated heterocycles. The third-order valence-electron chi connectivity index (χ3n) is 3.60. The summed E-state index contributed by atoms with van der Waals surface area (Å²) >= 11 is 0. The Labute approximate surface area is 114 Å². The Balaban J connectivity index is 1.99. The predicted molar refractivity (Wildman–Crippen MR) is 75.0 cm³/mol. The van der Waals surface area contributed by atoms with Crippen LogP contribution >= 0.6 is 0 Å². The standard InChI is InChI=1S/C15H22N2O2/c1-10(2)14(18)9-17-15(19)12-4-3-11-5-6-16-8-13(11)7-12/h3-4,7,10,14,16,18H,5-6,8-9H2,1-2H3,(H,17,19). The van der Waals surface area contributed by atoms with Gasteiger partial charge in [-0.1, -0.05) is 19.9 Å². The lowest BCUT2D eigenvalue weighted by molar-refractivity contribution is 0.0871. The second kappa shape index (κ2) is 6.17. The molecule has 4 nitrogen and oxygen atoms in total. The molecule has 104 valence electrons. The molecule has 1 unspecified atom stereocenters. The fourth-order valence-corrected chi connectivity index (χ4v) is 2.16. The Morgan fingerprint density at radius 1 is 1.42 bits per heavy atom. The van der Waals surface area contributed by atoms with Crippen LogP contribution in [0.15, 0.2) is 18.2 Å². The highest BCUT2D eigenvalue weighted by molar-refractivity contribution is 5.94. The van der Waals surface area contributed by atoms with Gasteiger partial charge in [0.2, 0.25) is 0 Å². The van der Waals surface area contributed by atoms with Crippen molar-refractivity contribution in [2.75, 3.05) is 13.1 Å². The normalized spacial score (nSPS) is 16.0. The third-order valence-corrected chi connectivity index (χ3v) is 3.60. The van der Waals surface area contributed by atoms with Gasteiger partial charge in [0.15, 0.2) is 0 Å². The van der Waals surface area contributed by atoms with Crippen molar-refractivity contribution in [2.24, 2.45) is 5.92 Å². The molecular weight excluding hydrogens is 240 g/mol. The number of aliphatic hydroxyl groups is 1. The highest BCUT2D eigenvalue weighted by atomic mass is 16.3. The number of benzene rings is 1. The van der Waals surface area contributed by atoms with E-state index >= 15 is 0 Å². The van der Waals surface area contributed by atoms with Crippen LogP contribution in [0.4, 0.5) is 0 Å². The lowest BCUT2D eigenvalue weighted by Crippen LogP contribution is -2.35. The quantitative estimate of drug-likeness (QED) is 0.761. The highest BCUT2D eigenvalue weighted by Crippen LogP contribution is 2.15. The zero-order valence-electron chi connectivity index (χ0n) is 11.6. The Morgan fingerprint density at radius 2 is 2.21 bits per heavy atom. The minimum atomic E-state index is -0.497. The van der Waals surface area contributed by atoms with E-state index in [4.69, 9.17) is 0 Å². The monoisotopic (exact) mass is 262 g/mol. The van der Waals surface area contributed by atoms with Crippen LogP contribution in [-0.2, 0) is 13.0 Å². The number of fused-ring (bicyclic) bond motifs is 1. The van der Waals surface area contributed by atoms with Gasteiger partial charge in [-0.25, -0.2) is 0 Å². The second-order valence-electron chi connectivity index (χ2n) is 5.43. The SMILES string of the molecule is CC(C)C(O)CNC(=O)c1ccc2c(c1)CNCC2. The summed E-state index contributed by atoms with van der Waals surface area (Å²) in [7, 11) is 0. The van der Waals surface area contributed by atoms with Crippen LogP contribution < -0.4 is 10.6 Å². The van der Waals surface area contributed by atoms with Crippen LogP contribution in [0.25, 0.3) is 0 Å². The molecule has 3 N–H and O–H groups in total. The van der Waals surface area contributed by atoms with E-state index < -0.39 is 6.10 Å². The van der Waals surface area contributed by atoms with Crippen LogP contribution in [0.1, 0.15) is 35.3 Å². The molecule has 1 atom stereocenters. The van der Waals surface area contributed by atoms with Crippen LogP contribution in [0.3, 0.4) is 0 Å². The molecule has 0 fully saturated rings. The summed E-state index contributed by atoms with van der Waals surface area (Å²) in [5.41, 5.74) is 3.18. The molecule has 0 aromatic heterocycles. The fraction of sp³-hybridized carbons (Fsp3) is 0.533. The number of aliphatic hydroxyl groups excluding tert-OH is 1. The maximum Gasteiger partial charge on any atom is 0.251 e. The van der Waals surface area contributed by atoms with E-state index in [1.165, 1.54) is 11.1 Å². The Morgan fingerprint density at radius 3 is 2.95 bits per heavy atom. The molecule has 1 amide bonds. The summed E-state index contributed by atoms with van der Waals surface area (Å²) in [6.07, 6.45) is 0.520. The first kappa shape index (κ1) is 14.0. The first-order valence-electron chi connectivity index (χ1n) is 6.86. The summed E-state index contributed by atoms with van der Waals surface area (Å²) in [6.45, 7) is 5.98. The Bertz CT molecular complexity index is 457. The number of hydrogen-bond donors (Lipinski definition) is 3. The van der Waals surface area contributed by atoms with Gasteiger partial charge < -0.3 is 15.7 Å². The molecular formula is C15H22N2O2. The molecule has 0 radical (unpaired) electrons. The molecule has 1 aromatic carbocycles. The zero-order chi connectivity index (χ0) is 13.8. The zero-order valence-corrected chi connectivity index (χ0v) is 11.6. The lowest BCUT2D eigenvalue weighted by atomic mass is 9.98. The number of hydrogen-bond acceptors (Lipinski definition) is 3. The van der Waals surface area contributed by atoms with Crippen molar-refractivity contribution >= 4 is 5.91 Å². The molecule has 1 aliphatic rings. The van der Waals surface area contributed by atoms with E-state index in [9.17, 15) is 9.90 Å². The smallest absolute Gasteiger partial charge is 0.251 e. The van der Waals surface area contributed by atoms with Gasteiger partial charge in [-0.2, -0.15) is 0 Å². The second-order valence-corrected chi connectivity index (χ2v) is 5.43. The van der Waals surface area contributed by atoms with Crippen LogP contribution in [0.2, 0.25) is 0 Å². The van der Waals surface area contributed by atoms with Gasteiger partial charge >= 0.3 is 0 Å². The number of rotatable bonds is 4. The topological polar surface area (TPSA) is 61.4 Å². The molecule has 19 heavy (non-hydrogen) atoms. The molecule has 0 saturated carbocycles. The molecule has 4 heteroatoms. The van der Waals surface area contributed by atoms with Crippen molar-refractivity contribution in [3.63, 3.8) is 0 Å². The fourth-order valence-electron chi connectivity index (χ4n) is 2.16. The molecule has 2 rings (SSSR count). The Kier molecular flexibility index (Phi) is 4.56. The minimum absolute atomic E-state index is 0.118. The summed E-state index contributed by atoms with van der Waals surface area (Å²) in [5.74, 6) is 0.0288. The Hall–Kier alpha value is -1.39. The summed E-state index contributed by atoms with van der Waals surface area (Å²) in [5, 5.41) is 15.8. The van der Waals surface area contributed by atoms with E-state index in [2.05, 4.69) is 10.6 Å².